The second kappa shape index (κ2) is 5.93. The lowest BCUT2D eigenvalue weighted by molar-refractivity contribution is -0.0505. The van der Waals surface area contributed by atoms with Gasteiger partial charge in [0.1, 0.15) is 5.75 Å². The zero-order valence-electron chi connectivity index (χ0n) is 9.44. The van der Waals surface area contributed by atoms with Crippen molar-refractivity contribution in [2.75, 3.05) is 7.11 Å². The van der Waals surface area contributed by atoms with Gasteiger partial charge in [0.05, 0.1) is 24.3 Å². The first-order chi connectivity index (χ1) is 8.53. The predicted octanol–water partition coefficient (Wildman–Crippen LogP) is 1.40. The van der Waals surface area contributed by atoms with E-state index >= 15 is 0 Å². The highest BCUT2D eigenvalue weighted by molar-refractivity contribution is 5.90. The van der Waals surface area contributed by atoms with E-state index in [9.17, 15) is 13.6 Å². The molecule has 1 aromatic carbocycles. The van der Waals surface area contributed by atoms with Gasteiger partial charge in [0, 0.05) is 12.1 Å². The van der Waals surface area contributed by atoms with Crippen LogP contribution in [0.2, 0.25) is 0 Å². The molecule has 0 radical (unpaired) electrons. The molecule has 0 saturated carbocycles. The number of esters is 1. The highest BCUT2D eigenvalue weighted by Gasteiger charge is 2.17. The molecule has 0 aliphatic carbocycles. The van der Waals surface area contributed by atoms with Crippen molar-refractivity contribution in [1.29, 1.82) is 5.26 Å². The van der Waals surface area contributed by atoms with E-state index in [1.54, 1.807) is 6.07 Å². The fraction of sp³-hybridized carbons (Fsp3) is 0.273. The van der Waals surface area contributed by atoms with Crippen LogP contribution < -0.4 is 10.5 Å². The van der Waals surface area contributed by atoms with Gasteiger partial charge < -0.3 is 15.2 Å². The van der Waals surface area contributed by atoms with Crippen molar-refractivity contribution in [3.63, 3.8) is 0 Å². The van der Waals surface area contributed by atoms with Gasteiger partial charge in [-0.05, 0) is 12.1 Å². The summed E-state index contributed by atoms with van der Waals surface area (Å²) >= 11 is 0. The summed E-state index contributed by atoms with van der Waals surface area (Å²) in [6.07, 6.45) is 0. The van der Waals surface area contributed by atoms with Crippen molar-refractivity contribution in [3.05, 3.63) is 28.8 Å². The second-order valence-electron chi connectivity index (χ2n) is 3.19. The first kappa shape index (κ1) is 13.9. The number of nitrogens with two attached hydrogens (primary N) is 1. The molecule has 0 amide bonds. The van der Waals surface area contributed by atoms with Crippen molar-refractivity contribution >= 4 is 5.97 Å². The number of nitriles is 1. The number of hydrogen-bond acceptors (Lipinski definition) is 5. The minimum atomic E-state index is -3.07. The summed E-state index contributed by atoms with van der Waals surface area (Å²) in [5.74, 6) is -1.05. The lowest BCUT2D eigenvalue weighted by Crippen LogP contribution is -2.11. The number of alkyl halides is 2. The quantitative estimate of drug-likeness (QED) is 0.823. The van der Waals surface area contributed by atoms with E-state index in [1.807, 2.05) is 0 Å². The molecule has 0 fully saturated rings. The van der Waals surface area contributed by atoms with Gasteiger partial charge in [0.2, 0.25) is 0 Å². The van der Waals surface area contributed by atoms with E-state index in [1.165, 1.54) is 6.07 Å². The number of hydrogen-bond donors (Lipinski definition) is 1. The third-order valence-corrected chi connectivity index (χ3v) is 2.17. The Balaban J connectivity index is 3.36. The molecule has 2 N–H and O–H groups in total. The summed E-state index contributed by atoms with van der Waals surface area (Å²) in [5, 5.41) is 8.89. The van der Waals surface area contributed by atoms with Crippen LogP contribution >= 0.6 is 0 Å². The molecule has 0 aliphatic rings. The van der Waals surface area contributed by atoms with Crippen LogP contribution in [0.1, 0.15) is 21.5 Å². The molecular weight excluding hydrogens is 246 g/mol. The predicted molar refractivity (Wildman–Crippen MR) is 57.0 cm³/mol. The molecule has 5 nitrogen and oxygen atoms in total. The molecule has 0 aliphatic heterocycles. The van der Waals surface area contributed by atoms with Gasteiger partial charge in [-0.3, -0.25) is 0 Å². The van der Waals surface area contributed by atoms with Crippen LogP contribution in [0.4, 0.5) is 8.78 Å². The molecule has 0 unspecified atom stereocenters. The third-order valence-electron chi connectivity index (χ3n) is 2.17. The van der Waals surface area contributed by atoms with E-state index < -0.39 is 12.6 Å². The van der Waals surface area contributed by atoms with Gasteiger partial charge in [0.15, 0.2) is 0 Å². The lowest BCUT2D eigenvalue weighted by atomic mass is 10.0. The fourth-order valence-electron chi connectivity index (χ4n) is 1.39. The van der Waals surface area contributed by atoms with Gasteiger partial charge in [-0.2, -0.15) is 14.0 Å². The monoisotopic (exact) mass is 256 g/mol. The Bertz CT molecular complexity index is 498. The lowest BCUT2D eigenvalue weighted by Gasteiger charge is -2.12. The molecule has 7 heteroatoms. The number of ether oxygens (including phenoxy) is 2. The van der Waals surface area contributed by atoms with E-state index in [0.717, 1.165) is 13.2 Å². The minimum absolute atomic E-state index is 0.00366. The molecular formula is C11H10F2N2O3. The van der Waals surface area contributed by atoms with Crippen LogP contribution in [-0.4, -0.2) is 19.7 Å². The van der Waals surface area contributed by atoms with Crippen LogP contribution in [0, 0.1) is 11.3 Å². The average molecular weight is 256 g/mol. The molecule has 0 aromatic heterocycles. The van der Waals surface area contributed by atoms with Crippen LogP contribution in [0.3, 0.4) is 0 Å². The van der Waals surface area contributed by atoms with E-state index in [2.05, 4.69) is 9.47 Å². The van der Waals surface area contributed by atoms with Crippen molar-refractivity contribution in [2.24, 2.45) is 5.73 Å². The Morgan fingerprint density at radius 1 is 1.56 bits per heavy atom. The number of carbonyl (C=O) groups is 1. The van der Waals surface area contributed by atoms with Crippen LogP contribution in [0.15, 0.2) is 12.1 Å². The zero-order valence-corrected chi connectivity index (χ0v) is 9.44. The third kappa shape index (κ3) is 2.93. The van der Waals surface area contributed by atoms with Gasteiger partial charge in [-0.1, -0.05) is 0 Å². The van der Waals surface area contributed by atoms with E-state index in [4.69, 9.17) is 11.0 Å². The van der Waals surface area contributed by atoms with Gasteiger partial charge in [-0.15, -0.1) is 0 Å². The van der Waals surface area contributed by atoms with Crippen LogP contribution in [0.25, 0.3) is 0 Å². The molecule has 0 heterocycles. The van der Waals surface area contributed by atoms with Gasteiger partial charge >= 0.3 is 12.6 Å². The SMILES string of the molecule is COC(=O)c1cc(C#N)c(CN)c(OC(F)F)c1. The average Bonchev–Trinajstić information content (AvgIpc) is 2.35. The number of carbonyl (C=O) groups excluding carboxylic acids is 1. The maximum absolute atomic E-state index is 12.2. The fourth-order valence-corrected chi connectivity index (χ4v) is 1.39. The topological polar surface area (TPSA) is 85.3 Å². The molecule has 18 heavy (non-hydrogen) atoms. The Hall–Kier alpha value is -2.20. The summed E-state index contributed by atoms with van der Waals surface area (Å²) in [4.78, 5) is 11.3. The Morgan fingerprint density at radius 3 is 2.67 bits per heavy atom. The van der Waals surface area contributed by atoms with Gasteiger partial charge in [0.25, 0.3) is 0 Å². The van der Waals surface area contributed by atoms with Crippen molar-refractivity contribution < 1.29 is 23.0 Å². The molecule has 0 bridgehead atoms. The number of halogens is 2. The summed E-state index contributed by atoms with van der Waals surface area (Å²) < 4.78 is 33.1. The zero-order chi connectivity index (χ0) is 13.7. The van der Waals surface area contributed by atoms with Crippen LogP contribution in [0.5, 0.6) is 5.75 Å². The summed E-state index contributed by atoms with van der Waals surface area (Å²) in [6, 6.07) is 4.05. The van der Waals surface area contributed by atoms with E-state index in [-0.39, 0.29) is 29.0 Å². The van der Waals surface area contributed by atoms with Crippen LogP contribution in [-0.2, 0) is 11.3 Å². The first-order valence-electron chi connectivity index (χ1n) is 4.83. The number of methoxy groups -OCH3 is 1. The van der Waals surface area contributed by atoms with Crippen molar-refractivity contribution in [3.8, 4) is 11.8 Å². The van der Waals surface area contributed by atoms with Gasteiger partial charge in [-0.25, -0.2) is 4.79 Å². The molecule has 96 valence electrons. The highest BCUT2D eigenvalue weighted by atomic mass is 19.3. The Morgan fingerprint density at radius 2 is 2.22 bits per heavy atom. The van der Waals surface area contributed by atoms with Crippen molar-refractivity contribution in [1.82, 2.24) is 0 Å². The smallest absolute Gasteiger partial charge is 0.387 e. The summed E-state index contributed by atoms with van der Waals surface area (Å²) in [7, 11) is 1.14. The van der Waals surface area contributed by atoms with Crippen molar-refractivity contribution in [2.45, 2.75) is 13.2 Å². The normalized spacial score (nSPS) is 10.0. The molecule has 0 saturated heterocycles. The molecule has 0 spiro atoms. The minimum Gasteiger partial charge on any atom is -0.465 e. The second-order valence-corrected chi connectivity index (χ2v) is 3.19. The Labute approximate surface area is 102 Å². The Kier molecular flexibility index (Phi) is 4.57. The number of benzene rings is 1. The molecule has 1 aromatic rings. The largest absolute Gasteiger partial charge is 0.465 e. The summed E-state index contributed by atoms with van der Waals surface area (Å²) in [5.41, 5.74) is 5.43. The van der Waals surface area contributed by atoms with E-state index in [0.29, 0.717) is 0 Å². The molecule has 0 atom stereocenters. The maximum atomic E-state index is 12.2. The standard InChI is InChI=1S/C11H10F2N2O3/c1-17-10(16)6-2-7(4-14)8(5-15)9(3-6)18-11(12)13/h2-3,11H,5,15H2,1H3. The molecule has 1 rings (SSSR count). The number of nitrogens with zero attached hydrogens (tertiary/aromatic N) is 1. The highest BCUT2D eigenvalue weighted by Crippen LogP contribution is 2.26. The summed E-state index contributed by atoms with van der Waals surface area (Å²) in [6.45, 7) is -3.23. The first-order valence-corrected chi connectivity index (χ1v) is 4.83. The number of rotatable bonds is 4. The maximum Gasteiger partial charge on any atom is 0.387 e.